The van der Waals surface area contributed by atoms with Crippen molar-refractivity contribution in [2.24, 2.45) is 0 Å². The van der Waals surface area contributed by atoms with Crippen molar-refractivity contribution in [1.82, 2.24) is 0 Å². The van der Waals surface area contributed by atoms with Gasteiger partial charge in [0, 0.05) is 19.8 Å². The van der Waals surface area contributed by atoms with E-state index in [1.165, 1.54) is 13.2 Å². The molecule has 112 valence electrons. The molecule has 0 spiro atoms. The molecule has 0 aromatic rings. The van der Waals surface area contributed by atoms with Gasteiger partial charge in [0.1, 0.15) is 6.29 Å². The molecule has 5 heteroatoms. The zero-order valence-corrected chi connectivity index (χ0v) is 12.4. The molecule has 20 heavy (non-hydrogen) atoms. The Kier molecular flexibility index (Phi) is 10.2. The van der Waals surface area contributed by atoms with Crippen LogP contribution in [0, 0.1) is 0 Å². The summed E-state index contributed by atoms with van der Waals surface area (Å²) in [6.07, 6.45) is 7.82. The van der Waals surface area contributed by atoms with Crippen LogP contribution in [0.5, 0.6) is 0 Å². The monoisotopic (exact) mass is 282 g/mol. The predicted octanol–water partition coefficient (Wildman–Crippen LogP) is 2.19. The van der Waals surface area contributed by atoms with E-state index in [-0.39, 0.29) is 12.9 Å². The largest absolute Gasteiger partial charge is 0.435 e. The van der Waals surface area contributed by atoms with Crippen LogP contribution in [0.4, 0.5) is 0 Å². The van der Waals surface area contributed by atoms with E-state index in [1.54, 1.807) is 32.3 Å². The van der Waals surface area contributed by atoms with Gasteiger partial charge in [0.25, 0.3) is 0 Å². The Balaban J connectivity index is 4.63. The van der Waals surface area contributed by atoms with E-state index in [4.69, 9.17) is 9.47 Å². The second-order valence-electron chi connectivity index (χ2n) is 4.12. The summed E-state index contributed by atoms with van der Waals surface area (Å²) in [5, 5.41) is 0. The lowest BCUT2D eigenvalue weighted by Gasteiger charge is -2.13. The fraction of sp³-hybridized carbons (Fsp3) is 0.467. The van der Waals surface area contributed by atoms with E-state index in [1.807, 2.05) is 6.92 Å². The number of aldehydes is 1. The number of carbonyl (C=O) groups is 2. The highest BCUT2D eigenvalue weighted by atomic mass is 16.7. The molecule has 0 aliphatic rings. The molecule has 5 nitrogen and oxygen atoms in total. The van der Waals surface area contributed by atoms with Gasteiger partial charge in [-0.25, -0.2) is 4.79 Å². The average Bonchev–Trinajstić information content (AvgIpc) is 2.46. The third-order valence-corrected chi connectivity index (χ3v) is 2.58. The first-order chi connectivity index (χ1) is 9.56. The summed E-state index contributed by atoms with van der Waals surface area (Å²) < 4.78 is 14.8. The number of rotatable bonds is 9. The molecule has 1 atom stereocenters. The lowest BCUT2D eigenvalue weighted by Crippen LogP contribution is -2.11. The van der Waals surface area contributed by atoms with Crippen molar-refractivity contribution >= 4 is 12.3 Å². The van der Waals surface area contributed by atoms with Crippen molar-refractivity contribution in [3.8, 4) is 0 Å². The fourth-order valence-corrected chi connectivity index (χ4v) is 1.38. The molecule has 0 heterocycles. The smallest absolute Gasteiger partial charge is 0.335 e. The minimum atomic E-state index is -0.425. The van der Waals surface area contributed by atoms with Crippen LogP contribution in [-0.2, 0) is 23.8 Å². The van der Waals surface area contributed by atoms with Crippen LogP contribution in [0.1, 0.15) is 20.3 Å². The van der Waals surface area contributed by atoms with Gasteiger partial charge < -0.3 is 14.2 Å². The Hall–Kier alpha value is -1.72. The number of allylic oxidation sites excluding steroid dienone is 3. The third kappa shape index (κ3) is 7.66. The van der Waals surface area contributed by atoms with Crippen LogP contribution in [0.25, 0.3) is 0 Å². The molecule has 0 aromatic carbocycles. The summed E-state index contributed by atoms with van der Waals surface area (Å²) in [5.74, 6) is -0.425. The highest BCUT2D eigenvalue weighted by Gasteiger charge is 2.08. The van der Waals surface area contributed by atoms with Crippen molar-refractivity contribution in [3.63, 3.8) is 0 Å². The lowest BCUT2D eigenvalue weighted by molar-refractivity contribution is -0.149. The molecule has 0 saturated heterocycles. The quantitative estimate of drug-likeness (QED) is 0.213. The molecule has 0 aliphatic carbocycles. The molecular weight excluding hydrogens is 260 g/mol. The van der Waals surface area contributed by atoms with Gasteiger partial charge in [-0.2, -0.15) is 0 Å². The minimum absolute atomic E-state index is 0.0656. The molecular formula is C15H22O5. The maximum absolute atomic E-state index is 11.5. The molecule has 0 aliphatic heterocycles. The Bertz CT molecular complexity index is 393. The first-order valence-corrected chi connectivity index (χ1v) is 6.21. The lowest BCUT2D eigenvalue weighted by atomic mass is 10.1. The van der Waals surface area contributed by atoms with Crippen LogP contribution in [0.2, 0.25) is 0 Å². The SMILES string of the molecule is COCOC(=O)/C(C)=C/C=C(\C)[C@@H](C/C=C/C=O)OC. The molecule has 0 fully saturated rings. The van der Waals surface area contributed by atoms with Crippen molar-refractivity contribution in [3.05, 3.63) is 35.5 Å². The summed E-state index contributed by atoms with van der Waals surface area (Å²) in [5.41, 5.74) is 1.42. The summed E-state index contributed by atoms with van der Waals surface area (Å²) in [7, 11) is 3.05. The molecule has 0 N–H and O–H groups in total. The zero-order valence-electron chi connectivity index (χ0n) is 12.4. The van der Waals surface area contributed by atoms with Gasteiger partial charge in [0.15, 0.2) is 6.79 Å². The summed E-state index contributed by atoms with van der Waals surface area (Å²) in [6.45, 7) is 3.49. The van der Waals surface area contributed by atoms with E-state index < -0.39 is 5.97 Å². The Morgan fingerprint density at radius 3 is 2.45 bits per heavy atom. The van der Waals surface area contributed by atoms with Gasteiger partial charge in [-0.1, -0.05) is 18.2 Å². The molecule has 0 unspecified atom stereocenters. The predicted molar refractivity (Wildman–Crippen MR) is 76.1 cm³/mol. The maximum atomic E-state index is 11.5. The van der Waals surface area contributed by atoms with E-state index in [0.29, 0.717) is 12.0 Å². The summed E-state index contributed by atoms with van der Waals surface area (Å²) >= 11 is 0. The topological polar surface area (TPSA) is 61.8 Å². The minimum Gasteiger partial charge on any atom is -0.435 e. The number of methoxy groups -OCH3 is 2. The van der Waals surface area contributed by atoms with Crippen LogP contribution in [0.15, 0.2) is 35.5 Å². The van der Waals surface area contributed by atoms with Crippen LogP contribution >= 0.6 is 0 Å². The Morgan fingerprint density at radius 2 is 1.90 bits per heavy atom. The highest BCUT2D eigenvalue weighted by Crippen LogP contribution is 2.11. The number of hydrogen-bond donors (Lipinski definition) is 0. The van der Waals surface area contributed by atoms with Gasteiger partial charge in [-0.3, -0.25) is 4.79 Å². The van der Waals surface area contributed by atoms with Crippen LogP contribution in [-0.4, -0.2) is 39.4 Å². The van der Waals surface area contributed by atoms with Crippen molar-refractivity contribution < 1.29 is 23.8 Å². The summed E-state index contributed by atoms with van der Waals surface area (Å²) in [4.78, 5) is 21.7. The molecule has 0 radical (unpaired) electrons. The van der Waals surface area contributed by atoms with Gasteiger partial charge in [0.2, 0.25) is 0 Å². The van der Waals surface area contributed by atoms with Gasteiger partial charge in [0.05, 0.1) is 6.10 Å². The molecule has 0 bridgehead atoms. The van der Waals surface area contributed by atoms with Crippen molar-refractivity contribution in [1.29, 1.82) is 0 Å². The first-order valence-electron chi connectivity index (χ1n) is 6.21. The molecule has 0 saturated carbocycles. The normalized spacial score (nSPS) is 14.4. The zero-order chi connectivity index (χ0) is 15.4. The van der Waals surface area contributed by atoms with Crippen molar-refractivity contribution in [2.75, 3.05) is 21.0 Å². The average molecular weight is 282 g/mol. The van der Waals surface area contributed by atoms with Crippen LogP contribution < -0.4 is 0 Å². The summed E-state index contributed by atoms with van der Waals surface area (Å²) in [6, 6.07) is 0. The number of ether oxygens (including phenoxy) is 3. The fourth-order valence-electron chi connectivity index (χ4n) is 1.38. The standard InChI is InChI=1S/C15H22O5/c1-12(14(19-4)7-5-6-10-16)8-9-13(2)15(17)20-11-18-3/h5-6,8-10,14H,7,11H2,1-4H3/b6-5+,12-8+,13-9+/t14-/m1/s1. The third-order valence-electron chi connectivity index (χ3n) is 2.58. The Morgan fingerprint density at radius 1 is 1.20 bits per heavy atom. The van der Waals surface area contributed by atoms with Gasteiger partial charge in [-0.05, 0) is 31.9 Å². The number of carbonyl (C=O) groups excluding carboxylic acids is 2. The maximum Gasteiger partial charge on any atom is 0.335 e. The Labute approximate surface area is 119 Å². The van der Waals surface area contributed by atoms with E-state index in [9.17, 15) is 9.59 Å². The number of esters is 1. The highest BCUT2D eigenvalue weighted by molar-refractivity contribution is 5.88. The molecule has 0 aromatic heterocycles. The van der Waals surface area contributed by atoms with Crippen molar-refractivity contribution in [2.45, 2.75) is 26.4 Å². The molecule has 0 amide bonds. The second kappa shape index (κ2) is 11.1. The van der Waals surface area contributed by atoms with E-state index in [0.717, 1.165) is 11.9 Å². The molecule has 0 rings (SSSR count). The van der Waals surface area contributed by atoms with Gasteiger partial charge >= 0.3 is 5.97 Å². The second-order valence-corrected chi connectivity index (χ2v) is 4.12. The van der Waals surface area contributed by atoms with Crippen LogP contribution in [0.3, 0.4) is 0 Å². The first kappa shape index (κ1) is 18.3. The van der Waals surface area contributed by atoms with Gasteiger partial charge in [-0.15, -0.1) is 0 Å². The number of hydrogen-bond acceptors (Lipinski definition) is 5. The van der Waals surface area contributed by atoms with E-state index >= 15 is 0 Å². The van der Waals surface area contributed by atoms with E-state index in [2.05, 4.69) is 4.74 Å².